The summed E-state index contributed by atoms with van der Waals surface area (Å²) in [6.45, 7) is 2.27. The Balaban J connectivity index is 1.39. The number of nitrogens with zero attached hydrogens (tertiary/aromatic N) is 1. The van der Waals surface area contributed by atoms with Gasteiger partial charge in [0.05, 0.1) is 18.6 Å². The van der Waals surface area contributed by atoms with Crippen molar-refractivity contribution in [1.29, 1.82) is 0 Å². The van der Waals surface area contributed by atoms with E-state index < -0.39 is 5.41 Å². The molecular formula is C24H26Cl2N2O4. The summed E-state index contributed by atoms with van der Waals surface area (Å²) < 4.78 is 10.9. The normalized spacial score (nSPS) is 17.8. The lowest BCUT2D eigenvalue weighted by Crippen LogP contribution is -2.42. The number of ether oxygens (including phenoxy) is 2. The molecule has 6 nitrogen and oxygen atoms in total. The molecule has 1 aliphatic carbocycles. The summed E-state index contributed by atoms with van der Waals surface area (Å²) >= 11 is 12.5. The Kier molecular flexibility index (Phi) is 7.23. The van der Waals surface area contributed by atoms with Crippen LogP contribution in [0.15, 0.2) is 42.5 Å². The molecule has 0 aromatic heterocycles. The van der Waals surface area contributed by atoms with Crippen molar-refractivity contribution in [3.8, 4) is 5.75 Å². The lowest BCUT2D eigenvalue weighted by atomic mass is 9.78. The molecule has 1 heterocycles. The first kappa shape index (κ1) is 22.9. The fourth-order valence-corrected chi connectivity index (χ4v) is 5.00. The van der Waals surface area contributed by atoms with Gasteiger partial charge < -0.3 is 19.7 Å². The van der Waals surface area contributed by atoms with Crippen LogP contribution in [0.2, 0.25) is 10.0 Å². The van der Waals surface area contributed by atoms with Gasteiger partial charge in [-0.2, -0.15) is 0 Å². The molecule has 1 saturated carbocycles. The molecule has 1 N–H and O–H groups in total. The number of hydrogen-bond donors (Lipinski definition) is 1. The molecule has 0 spiro atoms. The fraction of sp³-hybridized carbons (Fsp3) is 0.417. The maximum absolute atomic E-state index is 13.4. The van der Waals surface area contributed by atoms with E-state index in [-0.39, 0.29) is 18.4 Å². The molecule has 0 unspecified atom stereocenters. The van der Waals surface area contributed by atoms with Gasteiger partial charge >= 0.3 is 0 Å². The number of carbonyl (C=O) groups excluding carboxylic acids is 2. The van der Waals surface area contributed by atoms with Gasteiger partial charge in [-0.25, -0.2) is 0 Å². The van der Waals surface area contributed by atoms with Crippen LogP contribution in [0.5, 0.6) is 5.75 Å². The highest BCUT2D eigenvalue weighted by atomic mass is 35.5. The molecule has 0 bridgehead atoms. The van der Waals surface area contributed by atoms with Crippen LogP contribution in [-0.2, 0) is 19.7 Å². The number of halogens is 2. The summed E-state index contributed by atoms with van der Waals surface area (Å²) in [7, 11) is 0. The van der Waals surface area contributed by atoms with Gasteiger partial charge in [-0.05, 0) is 54.8 Å². The maximum atomic E-state index is 13.4. The number of amides is 2. The van der Waals surface area contributed by atoms with Crippen molar-refractivity contribution >= 4 is 40.7 Å². The average Bonchev–Trinajstić information content (AvgIpc) is 3.30. The number of rotatable bonds is 6. The molecule has 2 aliphatic rings. The molecule has 1 saturated heterocycles. The molecule has 0 radical (unpaired) electrons. The second kappa shape index (κ2) is 10.1. The fourth-order valence-electron chi connectivity index (χ4n) is 4.41. The summed E-state index contributed by atoms with van der Waals surface area (Å²) in [6.07, 6.45) is 3.42. The summed E-state index contributed by atoms with van der Waals surface area (Å²) in [5.41, 5.74) is 0.819. The van der Waals surface area contributed by atoms with Crippen LogP contribution in [0.4, 0.5) is 5.69 Å². The van der Waals surface area contributed by atoms with Gasteiger partial charge in [-0.15, -0.1) is 0 Å². The first-order valence-corrected chi connectivity index (χ1v) is 11.6. The summed E-state index contributed by atoms with van der Waals surface area (Å²) in [6, 6.07) is 12.4. The lowest BCUT2D eigenvalue weighted by Gasteiger charge is -2.29. The Morgan fingerprint density at radius 1 is 1.03 bits per heavy atom. The van der Waals surface area contributed by atoms with Crippen molar-refractivity contribution in [3.05, 3.63) is 58.1 Å². The average molecular weight is 477 g/mol. The highest BCUT2D eigenvalue weighted by Crippen LogP contribution is 2.45. The van der Waals surface area contributed by atoms with Crippen LogP contribution < -0.4 is 10.1 Å². The summed E-state index contributed by atoms with van der Waals surface area (Å²) in [5.74, 6) is 0.435. The molecule has 32 heavy (non-hydrogen) atoms. The van der Waals surface area contributed by atoms with Crippen molar-refractivity contribution in [2.45, 2.75) is 31.1 Å². The third-order valence-electron chi connectivity index (χ3n) is 6.18. The molecule has 4 rings (SSSR count). The van der Waals surface area contributed by atoms with E-state index in [2.05, 4.69) is 5.32 Å². The third-order valence-corrected chi connectivity index (χ3v) is 6.72. The van der Waals surface area contributed by atoms with E-state index in [0.717, 1.165) is 31.2 Å². The van der Waals surface area contributed by atoms with Crippen LogP contribution in [0.1, 0.15) is 31.2 Å². The molecular weight excluding hydrogens is 451 g/mol. The molecule has 8 heteroatoms. The van der Waals surface area contributed by atoms with E-state index in [0.29, 0.717) is 47.8 Å². The Bertz CT molecular complexity index is 968. The van der Waals surface area contributed by atoms with Crippen LogP contribution >= 0.6 is 23.2 Å². The van der Waals surface area contributed by atoms with Crippen molar-refractivity contribution in [2.24, 2.45) is 0 Å². The number of morpholine rings is 1. The van der Waals surface area contributed by atoms with Crippen molar-refractivity contribution < 1.29 is 19.1 Å². The zero-order valence-corrected chi connectivity index (χ0v) is 19.3. The van der Waals surface area contributed by atoms with Crippen molar-refractivity contribution in [2.75, 3.05) is 38.2 Å². The van der Waals surface area contributed by atoms with E-state index in [1.54, 1.807) is 41.3 Å². The van der Waals surface area contributed by atoms with Gasteiger partial charge in [0, 0.05) is 28.8 Å². The van der Waals surface area contributed by atoms with E-state index in [4.69, 9.17) is 32.7 Å². The summed E-state index contributed by atoms with van der Waals surface area (Å²) in [5, 5.41) is 4.10. The van der Waals surface area contributed by atoms with Crippen LogP contribution in [0.25, 0.3) is 0 Å². The quantitative estimate of drug-likeness (QED) is 0.656. The third kappa shape index (κ3) is 5.03. The topological polar surface area (TPSA) is 67.9 Å². The highest BCUT2D eigenvalue weighted by molar-refractivity contribution is 6.35. The van der Waals surface area contributed by atoms with E-state index in [1.165, 1.54) is 0 Å². The number of carbonyl (C=O) groups is 2. The molecule has 2 fully saturated rings. The Morgan fingerprint density at radius 2 is 1.72 bits per heavy atom. The van der Waals surface area contributed by atoms with Gasteiger partial charge in [0.15, 0.2) is 6.61 Å². The smallest absolute Gasteiger partial charge is 0.260 e. The Morgan fingerprint density at radius 3 is 2.38 bits per heavy atom. The van der Waals surface area contributed by atoms with E-state index >= 15 is 0 Å². The van der Waals surface area contributed by atoms with Gasteiger partial charge in [0.1, 0.15) is 5.75 Å². The van der Waals surface area contributed by atoms with Crippen LogP contribution in [0, 0.1) is 0 Å². The number of hydrogen-bond acceptors (Lipinski definition) is 4. The molecule has 170 valence electrons. The largest absolute Gasteiger partial charge is 0.484 e. The lowest BCUT2D eigenvalue weighted by molar-refractivity contribution is -0.137. The first-order chi connectivity index (χ1) is 15.5. The molecule has 2 aromatic rings. The maximum Gasteiger partial charge on any atom is 0.260 e. The van der Waals surface area contributed by atoms with Gasteiger partial charge in [-0.3, -0.25) is 9.59 Å². The van der Waals surface area contributed by atoms with E-state index in [1.807, 2.05) is 6.07 Å². The zero-order valence-electron chi connectivity index (χ0n) is 17.7. The second-order valence-corrected chi connectivity index (χ2v) is 9.02. The van der Waals surface area contributed by atoms with Gasteiger partial charge in [0.25, 0.3) is 5.91 Å². The van der Waals surface area contributed by atoms with Crippen LogP contribution in [-0.4, -0.2) is 49.6 Å². The molecule has 1 aliphatic heterocycles. The Hall–Kier alpha value is -2.28. The van der Waals surface area contributed by atoms with Crippen molar-refractivity contribution in [1.82, 2.24) is 4.90 Å². The van der Waals surface area contributed by atoms with Crippen molar-refractivity contribution in [3.63, 3.8) is 0 Å². The first-order valence-electron chi connectivity index (χ1n) is 10.8. The highest BCUT2D eigenvalue weighted by Gasteiger charge is 2.44. The SMILES string of the molecule is O=C(COc1ccc(NC(=O)C2(c3ccc(Cl)cc3Cl)CCCC2)cc1)N1CCOCC1. The van der Waals surface area contributed by atoms with Gasteiger partial charge in [0.2, 0.25) is 5.91 Å². The minimum absolute atomic E-state index is 0.0239. The standard InChI is InChI=1S/C24H26Cl2N2O4/c25-17-3-8-20(21(26)15-17)24(9-1-2-10-24)23(30)27-18-4-6-19(7-5-18)32-16-22(29)28-11-13-31-14-12-28/h3-8,15H,1-2,9-14,16H2,(H,27,30). The van der Waals surface area contributed by atoms with Gasteiger partial charge in [-0.1, -0.05) is 42.1 Å². The number of anilines is 1. The monoisotopic (exact) mass is 476 g/mol. The minimum Gasteiger partial charge on any atom is -0.484 e. The molecule has 2 amide bonds. The number of nitrogens with one attached hydrogen (secondary N) is 1. The Labute approximate surface area is 197 Å². The predicted octanol–water partition coefficient (Wildman–Crippen LogP) is 4.68. The molecule has 2 aromatic carbocycles. The van der Waals surface area contributed by atoms with E-state index in [9.17, 15) is 9.59 Å². The minimum atomic E-state index is -0.665. The van der Waals surface area contributed by atoms with Crippen LogP contribution in [0.3, 0.4) is 0 Å². The number of benzene rings is 2. The zero-order chi connectivity index (χ0) is 22.6. The molecule has 0 atom stereocenters. The second-order valence-electron chi connectivity index (χ2n) is 8.17. The predicted molar refractivity (Wildman–Crippen MR) is 125 cm³/mol. The summed E-state index contributed by atoms with van der Waals surface area (Å²) in [4.78, 5) is 27.3.